The molecule has 4 atom stereocenters. The largest absolute Gasteiger partial charge is 0.508 e. The van der Waals surface area contributed by atoms with Gasteiger partial charge in [0.2, 0.25) is 0 Å². The number of halogens is 4. The number of phenolic OH excluding ortho intramolecular Hbond substituents is 1. The molecule has 1 aromatic heterocycles. The molecule has 4 aliphatic heterocycles. The number of ether oxygens (including phenoxy) is 1. The van der Waals surface area contributed by atoms with E-state index in [-0.39, 0.29) is 68.5 Å². The molecular formula is C36H35F4N5O3. The Hall–Kier alpha value is -4.03. The van der Waals surface area contributed by atoms with Gasteiger partial charge in [0.25, 0.3) is 0 Å². The summed E-state index contributed by atoms with van der Waals surface area (Å²) in [6.07, 6.45) is 6.47. The number of phenols is 1. The van der Waals surface area contributed by atoms with E-state index in [0.29, 0.717) is 37.7 Å². The van der Waals surface area contributed by atoms with Gasteiger partial charge < -0.3 is 20.1 Å². The van der Waals surface area contributed by atoms with Crippen LogP contribution >= 0.6 is 0 Å². The summed E-state index contributed by atoms with van der Waals surface area (Å²) >= 11 is 0. The molecule has 2 N–H and O–H groups in total. The molecule has 250 valence electrons. The smallest absolute Gasteiger partial charge is 0.319 e. The van der Waals surface area contributed by atoms with Crippen LogP contribution in [0.5, 0.6) is 11.8 Å². The second-order valence-corrected chi connectivity index (χ2v) is 14.6. The predicted octanol–water partition coefficient (Wildman–Crippen LogP) is 5.87. The zero-order chi connectivity index (χ0) is 32.9. The summed E-state index contributed by atoms with van der Waals surface area (Å²) in [5, 5.41) is 13.9. The topological polar surface area (TPSA) is 90.8 Å². The monoisotopic (exact) mass is 661 g/mol. The zero-order valence-electron chi connectivity index (χ0n) is 26.2. The molecule has 2 aliphatic carbocycles. The molecule has 2 saturated carbocycles. The number of ketones is 1. The van der Waals surface area contributed by atoms with Crippen LogP contribution in [0.15, 0.2) is 30.3 Å². The lowest BCUT2D eigenvalue weighted by molar-refractivity contribution is -0.133. The summed E-state index contributed by atoms with van der Waals surface area (Å²) in [6, 6.07) is 6.18. The van der Waals surface area contributed by atoms with Crippen LogP contribution in [0.2, 0.25) is 0 Å². The number of hydrogen-bond donors (Lipinski definition) is 2. The Morgan fingerprint density at radius 1 is 0.938 bits per heavy atom. The summed E-state index contributed by atoms with van der Waals surface area (Å²) in [7, 11) is 0. The van der Waals surface area contributed by atoms with E-state index < -0.39 is 28.8 Å². The van der Waals surface area contributed by atoms with Crippen LogP contribution in [0, 0.1) is 34.6 Å². The lowest BCUT2D eigenvalue weighted by atomic mass is 9.78. The van der Waals surface area contributed by atoms with Gasteiger partial charge in [0, 0.05) is 78.4 Å². The summed E-state index contributed by atoms with van der Waals surface area (Å²) in [5.41, 5.74) is -1.28. The highest BCUT2D eigenvalue weighted by Gasteiger charge is 2.49. The Kier molecular flexibility index (Phi) is 6.89. The first-order chi connectivity index (χ1) is 23.1. The van der Waals surface area contributed by atoms with E-state index in [2.05, 4.69) is 15.2 Å². The Labute approximate surface area is 274 Å². The number of piperazine rings is 1. The molecule has 0 radical (unpaired) electrons. The average molecular weight is 662 g/mol. The summed E-state index contributed by atoms with van der Waals surface area (Å²) < 4.78 is 68.7. The van der Waals surface area contributed by atoms with E-state index in [1.165, 1.54) is 12.1 Å². The zero-order valence-corrected chi connectivity index (χ0v) is 26.2. The van der Waals surface area contributed by atoms with Crippen molar-refractivity contribution in [1.82, 2.24) is 20.2 Å². The first kappa shape index (κ1) is 30.1. The van der Waals surface area contributed by atoms with Crippen molar-refractivity contribution in [1.29, 1.82) is 0 Å². The van der Waals surface area contributed by atoms with Crippen molar-refractivity contribution in [3.8, 4) is 22.9 Å². The van der Waals surface area contributed by atoms with Crippen molar-refractivity contribution in [2.75, 3.05) is 37.7 Å². The molecule has 4 aromatic rings. The Morgan fingerprint density at radius 3 is 2.44 bits per heavy atom. The first-order valence-corrected chi connectivity index (χ1v) is 16.9. The molecule has 4 saturated heterocycles. The van der Waals surface area contributed by atoms with Crippen LogP contribution in [0.1, 0.15) is 44.9 Å². The molecule has 48 heavy (non-hydrogen) atoms. The van der Waals surface area contributed by atoms with Crippen LogP contribution in [0.3, 0.4) is 0 Å². The number of nitrogens with zero attached hydrogens (tertiary/aromatic N) is 4. The molecule has 8 nitrogen and oxygen atoms in total. The van der Waals surface area contributed by atoms with Crippen LogP contribution < -0.4 is 15.0 Å². The third-order valence-corrected chi connectivity index (χ3v) is 11.3. The number of aromatic nitrogens is 2. The van der Waals surface area contributed by atoms with Crippen molar-refractivity contribution >= 4 is 33.3 Å². The third kappa shape index (κ3) is 4.98. The Bertz CT molecular complexity index is 1990. The van der Waals surface area contributed by atoms with Gasteiger partial charge in [-0.05, 0) is 68.2 Å². The molecule has 0 amide bonds. The normalized spacial score (nSPS) is 26.2. The van der Waals surface area contributed by atoms with Gasteiger partial charge in [0.15, 0.2) is 17.5 Å². The number of hydrogen-bond acceptors (Lipinski definition) is 8. The van der Waals surface area contributed by atoms with E-state index in [9.17, 15) is 14.3 Å². The van der Waals surface area contributed by atoms with Crippen molar-refractivity contribution in [2.45, 2.75) is 63.1 Å². The summed E-state index contributed by atoms with van der Waals surface area (Å²) in [5.74, 6) is -4.07. The van der Waals surface area contributed by atoms with Gasteiger partial charge in [-0.2, -0.15) is 9.97 Å². The number of Topliss-reactive ketones (excluding diaryl/α,β-unsaturated/α-hetero) is 1. The van der Waals surface area contributed by atoms with E-state index >= 15 is 13.2 Å². The average Bonchev–Trinajstić information content (AvgIpc) is 3.75. The number of nitrogens with one attached hydrogen (secondary N) is 1. The SMILES string of the molecule is O=C1CC2CCC1CN2CC1(COc2nc(N3CC4CCC(C3)N4)c3cc(F)c(-c4cc(O)cc5ccc(F)c(F)c45)c(F)c3n2)CC1. The molecule has 6 aliphatic rings. The lowest BCUT2D eigenvalue weighted by Gasteiger charge is -2.45. The first-order valence-electron chi connectivity index (χ1n) is 16.9. The molecule has 5 heterocycles. The quantitative estimate of drug-likeness (QED) is 0.238. The van der Waals surface area contributed by atoms with Crippen molar-refractivity contribution < 1.29 is 32.2 Å². The number of carbonyl (C=O) groups is 1. The van der Waals surface area contributed by atoms with E-state index in [0.717, 1.165) is 69.8 Å². The number of rotatable bonds is 7. The van der Waals surface area contributed by atoms with E-state index in [4.69, 9.17) is 9.72 Å². The maximum absolute atomic E-state index is 16.8. The minimum Gasteiger partial charge on any atom is -0.508 e. The predicted molar refractivity (Wildman–Crippen MR) is 171 cm³/mol. The van der Waals surface area contributed by atoms with Crippen LogP contribution in [-0.4, -0.2) is 76.7 Å². The minimum absolute atomic E-state index is 0.0422. The highest BCUT2D eigenvalue weighted by atomic mass is 19.2. The highest BCUT2D eigenvalue weighted by Crippen LogP contribution is 2.49. The molecule has 12 heteroatoms. The third-order valence-electron chi connectivity index (χ3n) is 11.3. The molecular weight excluding hydrogens is 626 g/mol. The van der Waals surface area contributed by atoms with Crippen molar-refractivity contribution in [3.63, 3.8) is 0 Å². The maximum Gasteiger partial charge on any atom is 0.319 e. The van der Waals surface area contributed by atoms with Gasteiger partial charge in [0.05, 0.1) is 12.2 Å². The summed E-state index contributed by atoms with van der Waals surface area (Å²) in [6.45, 7) is 3.08. The number of piperidine rings is 2. The van der Waals surface area contributed by atoms with Gasteiger partial charge in [-0.3, -0.25) is 9.69 Å². The molecule has 4 unspecified atom stereocenters. The molecule has 0 spiro atoms. The van der Waals surface area contributed by atoms with Crippen LogP contribution in [0.25, 0.3) is 32.8 Å². The van der Waals surface area contributed by atoms with Gasteiger partial charge in [0.1, 0.15) is 28.7 Å². The van der Waals surface area contributed by atoms with Crippen molar-refractivity contribution in [3.05, 3.63) is 53.6 Å². The second-order valence-electron chi connectivity index (χ2n) is 14.6. The fraction of sp³-hybridized carbons (Fsp3) is 0.472. The van der Waals surface area contributed by atoms with Gasteiger partial charge in [-0.25, -0.2) is 17.6 Å². The van der Waals surface area contributed by atoms with E-state index in [1.807, 2.05) is 4.90 Å². The molecule has 6 fully saturated rings. The Balaban J connectivity index is 1.12. The maximum atomic E-state index is 16.8. The molecule has 3 aromatic carbocycles. The van der Waals surface area contributed by atoms with E-state index in [1.54, 1.807) is 0 Å². The number of aromatic hydroxyl groups is 1. The standard InChI is InChI=1S/C36H35F4N5O3/c37-26-6-2-18-9-23(46)11-24(29(18)31(26)39)30-27(38)12-25-33(32(30)40)42-35(43-34(25)44-14-20-3-4-21(15-44)41-20)48-17-36(7-8-36)16-45-13-19-1-5-22(45)10-28(19)47/h2,6,9,11-12,19-22,41,46H,1,3-5,7-8,10,13-17H2. The van der Waals surface area contributed by atoms with Crippen molar-refractivity contribution in [2.24, 2.45) is 11.3 Å². The van der Waals surface area contributed by atoms with Crippen LogP contribution in [0.4, 0.5) is 23.4 Å². The number of carbonyl (C=O) groups excluding carboxylic acids is 1. The van der Waals surface area contributed by atoms with Gasteiger partial charge in [-0.15, -0.1) is 0 Å². The number of anilines is 1. The van der Waals surface area contributed by atoms with Crippen LogP contribution in [-0.2, 0) is 4.79 Å². The van der Waals surface area contributed by atoms with Gasteiger partial charge >= 0.3 is 6.01 Å². The van der Waals surface area contributed by atoms with Gasteiger partial charge in [-0.1, -0.05) is 6.07 Å². The summed E-state index contributed by atoms with van der Waals surface area (Å²) in [4.78, 5) is 26.0. The fourth-order valence-corrected chi connectivity index (χ4v) is 8.62. The lowest BCUT2D eigenvalue weighted by Crippen LogP contribution is -2.54. The minimum atomic E-state index is -1.27. The molecule has 10 rings (SSSR count). The number of benzene rings is 3. The highest BCUT2D eigenvalue weighted by molar-refractivity contribution is 6.02. The number of fused-ring (bicyclic) bond motifs is 7. The molecule has 4 bridgehead atoms. The Morgan fingerprint density at radius 2 is 1.73 bits per heavy atom. The fourth-order valence-electron chi connectivity index (χ4n) is 8.62. The second kappa shape index (κ2) is 11.0.